The molecule has 1 heterocycles. The Labute approximate surface area is 166 Å². The molecule has 2 aromatic carbocycles. The van der Waals surface area contributed by atoms with E-state index in [0.29, 0.717) is 27.9 Å². The third-order valence-corrected chi connectivity index (χ3v) is 4.26. The third kappa shape index (κ3) is 4.70. The highest BCUT2D eigenvalue weighted by Gasteiger charge is 2.11. The van der Waals surface area contributed by atoms with Gasteiger partial charge in [-0.15, -0.1) is 0 Å². The van der Waals surface area contributed by atoms with E-state index in [9.17, 15) is 4.39 Å². The van der Waals surface area contributed by atoms with Crippen LogP contribution in [0.5, 0.6) is 0 Å². The molecule has 3 rings (SSSR count). The number of hydrogen-bond donors (Lipinski definition) is 1. The monoisotopic (exact) mass is 400 g/mol. The summed E-state index contributed by atoms with van der Waals surface area (Å²) in [7, 11) is 0. The fraction of sp³-hybridized carbons (Fsp3) is 0.0500. The minimum atomic E-state index is -0.493. The summed E-state index contributed by atoms with van der Waals surface area (Å²) >= 11 is 12.0. The summed E-state index contributed by atoms with van der Waals surface area (Å²) in [6.45, 7) is 5.89. The van der Waals surface area contributed by atoms with Crippen LogP contribution in [0, 0.1) is 12.7 Å². The van der Waals surface area contributed by atoms with E-state index >= 15 is 0 Å². The first kappa shape index (κ1) is 19.0. The van der Waals surface area contributed by atoms with Gasteiger partial charge in [-0.1, -0.05) is 29.8 Å². The van der Waals surface area contributed by atoms with E-state index in [1.807, 2.05) is 19.1 Å². The van der Waals surface area contributed by atoms with Gasteiger partial charge < -0.3 is 5.32 Å². The van der Waals surface area contributed by atoms with Crippen molar-refractivity contribution in [3.05, 3.63) is 94.3 Å². The van der Waals surface area contributed by atoms with E-state index < -0.39 is 5.82 Å². The zero-order valence-corrected chi connectivity index (χ0v) is 15.9. The predicted molar refractivity (Wildman–Crippen MR) is 109 cm³/mol. The predicted octanol–water partition coefficient (Wildman–Crippen LogP) is 5.76. The molecule has 0 fully saturated rings. The molecule has 0 saturated heterocycles. The van der Waals surface area contributed by atoms with Crippen molar-refractivity contribution in [1.29, 1.82) is 0 Å². The molecule has 3 aromatic rings. The molecule has 0 unspecified atom stereocenters. The van der Waals surface area contributed by atoms with E-state index in [1.54, 1.807) is 30.7 Å². The Balaban J connectivity index is 2.04. The molecule has 0 aliphatic rings. The molecule has 0 aliphatic carbocycles. The molecule has 0 amide bonds. The zero-order chi connectivity index (χ0) is 19.4. The number of aryl methyl sites for hydroxylation is 1. The van der Waals surface area contributed by atoms with Crippen molar-refractivity contribution < 1.29 is 4.39 Å². The molecule has 0 atom stereocenters. The van der Waals surface area contributed by atoms with Gasteiger partial charge in [0.25, 0.3) is 0 Å². The lowest BCUT2D eigenvalue weighted by Gasteiger charge is -2.14. The second-order valence-corrected chi connectivity index (χ2v) is 6.55. The van der Waals surface area contributed by atoms with Crippen LogP contribution in [0.4, 0.5) is 10.1 Å². The summed E-state index contributed by atoms with van der Waals surface area (Å²) in [6.07, 6.45) is 4.72. The number of nitrogens with one attached hydrogen (secondary N) is 1. The molecule has 0 aliphatic heterocycles. The minimum Gasteiger partial charge on any atom is -0.340 e. The van der Waals surface area contributed by atoms with Crippen LogP contribution >= 0.6 is 23.2 Å². The first-order valence-corrected chi connectivity index (χ1v) is 8.72. The standard InChI is InChI=1S/C20H15Cl2FN4/c1-12-9-14(21)3-5-16(12)20(26-13(2)19-11-24-7-8-25-19)27-15-4-6-18(23)17(22)10-15/h3-11H,2H2,1H3,(H,26,27). The number of nitrogens with zero attached hydrogens (tertiary/aromatic N) is 3. The van der Waals surface area contributed by atoms with Gasteiger partial charge in [0.05, 0.1) is 16.9 Å². The summed E-state index contributed by atoms with van der Waals surface area (Å²) in [5.74, 6) is 0.00911. The Morgan fingerprint density at radius 3 is 2.63 bits per heavy atom. The Bertz CT molecular complexity index is 1020. The molecule has 4 nitrogen and oxygen atoms in total. The van der Waals surface area contributed by atoms with Crippen LogP contribution in [-0.2, 0) is 0 Å². The molecule has 0 bridgehead atoms. The van der Waals surface area contributed by atoms with Crippen LogP contribution in [-0.4, -0.2) is 15.8 Å². The number of aliphatic imine (C=N–C) groups is 1. The van der Waals surface area contributed by atoms with Gasteiger partial charge in [-0.25, -0.2) is 9.38 Å². The summed E-state index contributed by atoms with van der Waals surface area (Å²) in [6, 6.07) is 9.80. The van der Waals surface area contributed by atoms with Crippen molar-refractivity contribution >= 4 is 40.4 Å². The lowest BCUT2D eigenvalue weighted by molar-refractivity contribution is 0.628. The maximum Gasteiger partial charge on any atom is 0.141 e. The largest absolute Gasteiger partial charge is 0.340 e. The lowest BCUT2D eigenvalue weighted by Crippen LogP contribution is -2.15. The van der Waals surface area contributed by atoms with Gasteiger partial charge in [0.1, 0.15) is 17.3 Å². The van der Waals surface area contributed by atoms with E-state index in [4.69, 9.17) is 23.2 Å². The van der Waals surface area contributed by atoms with Gasteiger partial charge in [-0.2, -0.15) is 0 Å². The third-order valence-electron chi connectivity index (χ3n) is 3.73. The average Bonchev–Trinajstić information content (AvgIpc) is 2.65. The zero-order valence-electron chi connectivity index (χ0n) is 14.4. The van der Waals surface area contributed by atoms with Crippen molar-refractivity contribution in [2.75, 3.05) is 5.32 Å². The van der Waals surface area contributed by atoms with Crippen LogP contribution in [0.15, 0.2) is 66.6 Å². The van der Waals surface area contributed by atoms with Gasteiger partial charge in [0, 0.05) is 28.7 Å². The minimum absolute atomic E-state index is 0.0138. The molecule has 136 valence electrons. The Kier molecular flexibility index (Phi) is 5.84. The lowest BCUT2D eigenvalue weighted by atomic mass is 10.1. The molecular weight excluding hydrogens is 386 g/mol. The molecule has 27 heavy (non-hydrogen) atoms. The van der Waals surface area contributed by atoms with Gasteiger partial charge in [0.2, 0.25) is 0 Å². The maximum absolute atomic E-state index is 13.5. The highest BCUT2D eigenvalue weighted by atomic mass is 35.5. The normalized spacial score (nSPS) is 11.3. The fourth-order valence-corrected chi connectivity index (χ4v) is 2.81. The van der Waals surface area contributed by atoms with E-state index in [2.05, 4.69) is 26.9 Å². The Hall–Kier alpha value is -2.76. The second kappa shape index (κ2) is 8.29. The maximum atomic E-state index is 13.5. The number of hydrogen-bond acceptors (Lipinski definition) is 3. The van der Waals surface area contributed by atoms with Crippen molar-refractivity contribution in [3.63, 3.8) is 0 Å². The molecule has 1 N–H and O–H groups in total. The molecule has 1 aromatic heterocycles. The van der Waals surface area contributed by atoms with Crippen molar-refractivity contribution in [1.82, 2.24) is 9.97 Å². The number of benzene rings is 2. The summed E-state index contributed by atoms with van der Waals surface area (Å²) in [5, 5.41) is 3.80. The Morgan fingerprint density at radius 2 is 1.96 bits per heavy atom. The molecule has 7 heteroatoms. The number of aromatic nitrogens is 2. The second-order valence-electron chi connectivity index (χ2n) is 5.71. The van der Waals surface area contributed by atoms with Gasteiger partial charge >= 0.3 is 0 Å². The average molecular weight is 401 g/mol. The molecule has 0 saturated carbocycles. The van der Waals surface area contributed by atoms with Crippen molar-refractivity contribution in [2.24, 2.45) is 4.99 Å². The highest BCUT2D eigenvalue weighted by molar-refractivity contribution is 6.31. The SMILES string of the molecule is C=C(N=C(Nc1ccc(F)c(Cl)c1)c1ccc(Cl)cc1C)c1cnccn1. The van der Waals surface area contributed by atoms with E-state index in [-0.39, 0.29) is 5.02 Å². The Morgan fingerprint density at radius 1 is 1.15 bits per heavy atom. The number of amidine groups is 1. The van der Waals surface area contributed by atoms with Gasteiger partial charge in [-0.05, 0) is 48.9 Å². The topological polar surface area (TPSA) is 50.2 Å². The summed E-state index contributed by atoms with van der Waals surface area (Å²) < 4.78 is 13.5. The van der Waals surface area contributed by atoms with E-state index in [1.165, 1.54) is 12.1 Å². The van der Waals surface area contributed by atoms with Crippen LogP contribution < -0.4 is 5.32 Å². The van der Waals surface area contributed by atoms with Crippen molar-refractivity contribution in [2.45, 2.75) is 6.92 Å². The fourth-order valence-electron chi connectivity index (χ4n) is 2.40. The molecular formula is C20H15Cl2FN4. The van der Waals surface area contributed by atoms with Gasteiger partial charge in [0.15, 0.2) is 0 Å². The number of rotatable bonds is 4. The summed E-state index contributed by atoms with van der Waals surface area (Å²) in [4.78, 5) is 12.8. The first-order chi connectivity index (χ1) is 12.9. The van der Waals surface area contributed by atoms with Gasteiger partial charge in [-0.3, -0.25) is 9.97 Å². The van der Waals surface area contributed by atoms with Crippen LogP contribution in [0.1, 0.15) is 16.8 Å². The number of anilines is 1. The molecule has 0 radical (unpaired) electrons. The molecule has 0 spiro atoms. The van der Waals surface area contributed by atoms with Crippen LogP contribution in [0.2, 0.25) is 10.0 Å². The smallest absolute Gasteiger partial charge is 0.141 e. The first-order valence-electron chi connectivity index (χ1n) is 7.96. The highest BCUT2D eigenvalue weighted by Crippen LogP contribution is 2.23. The number of halogens is 3. The van der Waals surface area contributed by atoms with Crippen LogP contribution in [0.3, 0.4) is 0 Å². The van der Waals surface area contributed by atoms with E-state index in [0.717, 1.165) is 11.1 Å². The van der Waals surface area contributed by atoms with Crippen LogP contribution in [0.25, 0.3) is 5.70 Å². The van der Waals surface area contributed by atoms with Crippen molar-refractivity contribution in [3.8, 4) is 0 Å². The summed E-state index contributed by atoms with van der Waals surface area (Å²) in [5.41, 5.74) is 3.27. The quantitative estimate of drug-likeness (QED) is 0.447.